The second-order valence-electron chi connectivity index (χ2n) is 7.61. The number of aromatic nitrogens is 2. The van der Waals surface area contributed by atoms with Gasteiger partial charge >= 0.3 is 0 Å². The minimum Gasteiger partial charge on any atom is -0.355 e. The van der Waals surface area contributed by atoms with Crippen molar-refractivity contribution in [2.24, 2.45) is 11.8 Å². The number of carbonyl (C=O) groups excluding carboxylic acids is 1. The third kappa shape index (κ3) is 4.83. The Morgan fingerprint density at radius 3 is 2.80 bits per heavy atom. The molecule has 0 atom stereocenters. The maximum atomic E-state index is 12.4. The van der Waals surface area contributed by atoms with Gasteiger partial charge in [0.1, 0.15) is 5.65 Å². The van der Waals surface area contributed by atoms with E-state index in [1.54, 1.807) is 0 Å². The van der Waals surface area contributed by atoms with E-state index in [1.165, 1.54) is 37.7 Å². The fourth-order valence-corrected chi connectivity index (χ4v) is 3.94. The van der Waals surface area contributed by atoms with Crippen LogP contribution in [0.2, 0.25) is 0 Å². The number of imidazole rings is 1. The summed E-state index contributed by atoms with van der Waals surface area (Å²) < 4.78 is 2.06. The summed E-state index contributed by atoms with van der Waals surface area (Å²) in [6, 6.07) is 4.11. The van der Waals surface area contributed by atoms with Gasteiger partial charge in [0.2, 0.25) is 5.91 Å². The largest absolute Gasteiger partial charge is 0.355 e. The Morgan fingerprint density at radius 2 is 2.04 bits per heavy atom. The summed E-state index contributed by atoms with van der Waals surface area (Å²) in [7, 11) is 0. The Hall–Kier alpha value is -1.84. The minimum absolute atomic E-state index is 0.224. The Kier molecular flexibility index (Phi) is 6.11. The number of hydrogen-bond acceptors (Lipinski definition) is 2. The topological polar surface area (TPSA) is 46.4 Å². The lowest BCUT2D eigenvalue weighted by atomic mass is 9.79. The van der Waals surface area contributed by atoms with E-state index < -0.39 is 0 Å². The highest BCUT2D eigenvalue weighted by molar-refractivity contribution is 5.78. The summed E-state index contributed by atoms with van der Waals surface area (Å²) in [6.07, 6.45) is 13.5. The van der Waals surface area contributed by atoms with Gasteiger partial charge in [0, 0.05) is 31.3 Å². The van der Waals surface area contributed by atoms with E-state index in [4.69, 9.17) is 0 Å². The lowest BCUT2D eigenvalue weighted by Crippen LogP contribution is -2.34. The van der Waals surface area contributed by atoms with Gasteiger partial charge in [-0.2, -0.15) is 0 Å². The molecule has 1 fully saturated rings. The quantitative estimate of drug-likeness (QED) is 0.816. The molecule has 1 aliphatic rings. The zero-order valence-electron chi connectivity index (χ0n) is 15.6. The first-order valence-electron chi connectivity index (χ1n) is 9.87. The molecule has 0 saturated heterocycles. The van der Waals surface area contributed by atoms with Crippen LogP contribution in [0.5, 0.6) is 0 Å². The second kappa shape index (κ2) is 8.50. The van der Waals surface area contributed by atoms with Crippen LogP contribution in [0.15, 0.2) is 24.5 Å². The maximum absolute atomic E-state index is 12.4. The molecule has 25 heavy (non-hydrogen) atoms. The molecule has 0 spiro atoms. The standard InChI is InChI=1S/C21H31N3O/c1-3-4-5-17-7-9-18(10-8-17)21(25)22-13-12-19-15-24-14-16(2)6-11-20(24)23-19/h6,11,14-15,17-18H,3-5,7-10,12-13H2,1-2H3,(H,22,25). The van der Waals surface area contributed by atoms with Gasteiger partial charge in [-0.15, -0.1) is 0 Å². The molecule has 0 aliphatic heterocycles. The van der Waals surface area contributed by atoms with Gasteiger partial charge in [0.05, 0.1) is 5.69 Å². The van der Waals surface area contributed by atoms with Crippen LogP contribution in [0, 0.1) is 18.8 Å². The first-order chi connectivity index (χ1) is 12.2. The SMILES string of the molecule is CCCCC1CCC(C(=O)NCCc2cn3cc(C)ccc3n2)CC1. The highest BCUT2D eigenvalue weighted by Crippen LogP contribution is 2.31. The van der Waals surface area contributed by atoms with Crippen LogP contribution in [0.1, 0.15) is 63.1 Å². The van der Waals surface area contributed by atoms with Gasteiger partial charge in [-0.1, -0.05) is 32.3 Å². The number of carbonyl (C=O) groups is 1. The molecule has 2 aromatic heterocycles. The van der Waals surface area contributed by atoms with Crippen LogP contribution in [-0.2, 0) is 11.2 Å². The summed E-state index contributed by atoms with van der Waals surface area (Å²) in [6.45, 7) is 5.01. The number of nitrogens with one attached hydrogen (secondary N) is 1. The molecule has 2 heterocycles. The van der Waals surface area contributed by atoms with Crippen molar-refractivity contribution < 1.29 is 4.79 Å². The number of amides is 1. The summed E-state index contributed by atoms with van der Waals surface area (Å²) >= 11 is 0. The highest BCUT2D eigenvalue weighted by Gasteiger charge is 2.25. The van der Waals surface area contributed by atoms with Crippen LogP contribution < -0.4 is 5.32 Å². The van der Waals surface area contributed by atoms with Crippen molar-refractivity contribution in [3.8, 4) is 0 Å². The van der Waals surface area contributed by atoms with Gasteiger partial charge < -0.3 is 9.72 Å². The molecule has 1 saturated carbocycles. The zero-order valence-corrected chi connectivity index (χ0v) is 15.6. The summed E-state index contributed by atoms with van der Waals surface area (Å²) in [5.41, 5.74) is 3.23. The monoisotopic (exact) mass is 341 g/mol. The predicted molar refractivity (Wildman–Crippen MR) is 102 cm³/mol. The fraction of sp³-hybridized carbons (Fsp3) is 0.619. The van der Waals surface area contributed by atoms with Crippen molar-refractivity contribution in [2.75, 3.05) is 6.54 Å². The number of hydrogen-bond donors (Lipinski definition) is 1. The van der Waals surface area contributed by atoms with E-state index in [0.717, 1.165) is 36.5 Å². The Morgan fingerprint density at radius 1 is 1.24 bits per heavy atom. The lowest BCUT2D eigenvalue weighted by molar-refractivity contribution is -0.126. The second-order valence-corrected chi connectivity index (χ2v) is 7.61. The van der Waals surface area contributed by atoms with Crippen LogP contribution in [0.25, 0.3) is 5.65 Å². The Balaban J connectivity index is 1.41. The lowest BCUT2D eigenvalue weighted by Gasteiger charge is -2.27. The molecule has 2 aromatic rings. The fourth-order valence-electron chi connectivity index (χ4n) is 3.94. The van der Waals surface area contributed by atoms with Crippen LogP contribution in [-0.4, -0.2) is 21.8 Å². The summed E-state index contributed by atoms with van der Waals surface area (Å²) in [4.78, 5) is 17.0. The first kappa shape index (κ1) is 18.0. The molecule has 0 unspecified atom stereocenters. The minimum atomic E-state index is 0.224. The third-order valence-electron chi connectivity index (χ3n) is 5.51. The van der Waals surface area contributed by atoms with E-state index in [2.05, 4.69) is 47.0 Å². The highest BCUT2D eigenvalue weighted by atomic mass is 16.1. The first-order valence-corrected chi connectivity index (χ1v) is 9.87. The molecule has 1 amide bonds. The van der Waals surface area contributed by atoms with E-state index in [-0.39, 0.29) is 11.8 Å². The number of rotatable bonds is 7. The molecular formula is C21H31N3O. The molecule has 0 bridgehead atoms. The molecule has 0 radical (unpaired) electrons. The average molecular weight is 341 g/mol. The van der Waals surface area contributed by atoms with Crippen molar-refractivity contribution in [1.82, 2.24) is 14.7 Å². The molecule has 136 valence electrons. The summed E-state index contributed by atoms with van der Waals surface area (Å²) in [5, 5.41) is 3.13. The third-order valence-corrected chi connectivity index (χ3v) is 5.51. The van der Waals surface area contributed by atoms with Crippen LogP contribution in [0.3, 0.4) is 0 Å². The van der Waals surface area contributed by atoms with E-state index >= 15 is 0 Å². The zero-order chi connectivity index (χ0) is 17.6. The molecule has 4 heteroatoms. The predicted octanol–water partition coefficient (Wildman–Crippen LogP) is 4.30. The molecule has 4 nitrogen and oxygen atoms in total. The van der Waals surface area contributed by atoms with Crippen LogP contribution in [0.4, 0.5) is 0 Å². The maximum Gasteiger partial charge on any atom is 0.223 e. The number of fused-ring (bicyclic) bond motifs is 1. The molecule has 0 aromatic carbocycles. The van der Waals surface area contributed by atoms with E-state index in [9.17, 15) is 4.79 Å². The van der Waals surface area contributed by atoms with Gasteiger partial charge in [0.25, 0.3) is 0 Å². The van der Waals surface area contributed by atoms with Gasteiger partial charge in [-0.05, 0) is 50.2 Å². The molecular weight excluding hydrogens is 310 g/mol. The van der Waals surface area contributed by atoms with Crippen LogP contribution >= 0.6 is 0 Å². The number of nitrogens with zero attached hydrogens (tertiary/aromatic N) is 2. The van der Waals surface area contributed by atoms with Gasteiger partial charge in [-0.3, -0.25) is 4.79 Å². The Labute approximate surface area is 151 Å². The van der Waals surface area contributed by atoms with Crippen molar-refractivity contribution in [1.29, 1.82) is 0 Å². The van der Waals surface area contributed by atoms with E-state index in [1.807, 2.05) is 6.07 Å². The smallest absolute Gasteiger partial charge is 0.223 e. The number of unbranched alkanes of at least 4 members (excludes halogenated alkanes) is 1. The van der Waals surface area contributed by atoms with Crippen molar-refractivity contribution in [2.45, 2.75) is 65.2 Å². The number of aryl methyl sites for hydroxylation is 1. The van der Waals surface area contributed by atoms with Crippen molar-refractivity contribution in [3.63, 3.8) is 0 Å². The van der Waals surface area contributed by atoms with E-state index in [0.29, 0.717) is 6.54 Å². The van der Waals surface area contributed by atoms with Gasteiger partial charge in [0.15, 0.2) is 0 Å². The molecule has 1 N–H and O–H groups in total. The van der Waals surface area contributed by atoms with Crippen molar-refractivity contribution in [3.05, 3.63) is 35.8 Å². The van der Waals surface area contributed by atoms with Crippen molar-refractivity contribution >= 4 is 11.6 Å². The van der Waals surface area contributed by atoms with Gasteiger partial charge in [-0.25, -0.2) is 4.98 Å². The molecule has 3 rings (SSSR count). The Bertz CT molecular complexity index is 698. The number of pyridine rings is 1. The molecule has 1 aliphatic carbocycles. The summed E-state index contributed by atoms with van der Waals surface area (Å²) in [5.74, 6) is 1.32. The normalized spacial score (nSPS) is 20.7. The average Bonchev–Trinajstić information content (AvgIpc) is 3.02.